The molecular formula is C16H12FN3O3. The van der Waals surface area contributed by atoms with Crippen LogP contribution in [0.25, 0.3) is 11.4 Å². The molecular weight excluding hydrogens is 301 g/mol. The number of nitrogens with one attached hydrogen (secondary N) is 1. The van der Waals surface area contributed by atoms with Gasteiger partial charge in [0.05, 0.1) is 17.0 Å². The van der Waals surface area contributed by atoms with E-state index in [4.69, 9.17) is 15.6 Å². The Balaban J connectivity index is 1.88. The van der Waals surface area contributed by atoms with Crippen LogP contribution in [0.1, 0.15) is 10.4 Å². The summed E-state index contributed by atoms with van der Waals surface area (Å²) >= 11 is 0. The molecule has 2 heterocycles. The van der Waals surface area contributed by atoms with Crippen LogP contribution in [0, 0.1) is 5.82 Å². The van der Waals surface area contributed by atoms with Crippen LogP contribution in [-0.4, -0.2) is 21.0 Å². The zero-order valence-corrected chi connectivity index (χ0v) is 11.8. The Morgan fingerprint density at radius 3 is 2.78 bits per heavy atom. The van der Waals surface area contributed by atoms with E-state index in [-0.39, 0.29) is 11.3 Å². The maximum Gasteiger partial charge on any atom is 0.337 e. The van der Waals surface area contributed by atoms with E-state index in [9.17, 15) is 9.18 Å². The van der Waals surface area contributed by atoms with Gasteiger partial charge in [0, 0.05) is 30.2 Å². The van der Waals surface area contributed by atoms with Crippen molar-refractivity contribution in [3.05, 3.63) is 60.2 Å². The third-order valence-electron chi connectivity index (χ3n) is 3.12. The predicted octanol–water partition coefficient (Wildman–Crippen LogP) is 3.29. The number of rotatable bonds is 4. The maximum absolute atomic E-state index is 13.8. The molecule has 3 aromatic rings. The first-order valence-corrected chi connectivity index (χ1v) is 6.64. The number of hydrogen-bond acceptors (Lipinski definition) is 4. The molecule has 0 atom stereocenters. The molecule has 1 aromatic carbocycles. The van der Waals surface area contributed by atoms with Crippen molar-refractivity contribution in [3.63, 3.8) is 0 Å². The topological polar surface area (TPSA) is 101 Å². The van der Waals surface area contributed by atoms with Gasteiger partial charge in [0.25, 0.3) is 0 Å². The number of nitrogens with zero attached hydrogens (tertiary/aromatic N) is 1. The van der Waals surface area contributed by atoms with Crippen molar-refractivity contribution in [2.24, 2.45) is 0 Å². The SMILES string of the molecule is Nc1ccc(Oc2ccnc(-c3cc(C(=O)O)c[nH]3)c2)c(F)c1. The lowest BCUT2D eigenvalue weighted by atomic mass is 10.2. The van der Waals surface area contributed by atoms with E-state index in [0.29, 0.717) is 22.8 Å². The van der Waals surface area contributed by atoms with Gasteiger partial charge in [-0.05, 0) is 24.3 Å². The number of anilines is 1. The number of hydrogen-bond donors (Lipinski definition) is 3. The zero-order valence-electron chi connectivity index (χ0n) is 11.8. The first kappa shape index (κ1) is 14.6. The second kappa shape index (κ2) is 5.80. The van der Waals surface area contributed by atoms with E-state index in [2.05, 4.69) is 9.97 Å². The van der Waals surface area contributed by atoms with Crippen molar-refractivity contribution in [2.75, 3.05) is 5.73 Å². The van der Waals surface area contributed by atoms with Gasteiger partial charge in [0.1, 0.15) is 5.75 Å². The molecule has 23 heavy (non-hydrogen) atoms. The van der Waals surface area contributed by atoms with Crippen LogP contribution in [0.2, 0.25) is 0 Å². The fourth-order valence-electron chi connectivity index (χ4n) is 2.01. The van der Waals surface area contributed by atoms with Crippen LogP contribution in [0.3, 0.4) is 0 Å². The fourth-order valence-corrected chi connectivity index (χ4v) is 2.01. The third-order valence-corrected chi connectivity index (χ3v) is 3.12. The highest BCUT2D eigenvalue weighted by Gasteiger charge is 2.10. The summed E-state index contributed by atoms with van der Waals surface area (Å²) in [5, 5.41) is 8.93. The molecule has 0 aliphatic rings. The zero-order chi connectivity index (χ0) is 16.4. The number of benzene rings is 1. The van der Waals surface area contributed by atoms with Gasteiger partial charge in [-0.1, -0.05) is 0 Å². The molecule has 0 amide bonds. The Morgan fingerprint density at radius 1 is 1.26 bits per heavy atom. The molecule has 0 aliphatic carbocycles. The first-order chi connectivity index (χ1) is 11.0. The molecule has 0 bridgehead atoms. The van der Waals surface area contributed by atoms with Crippen LogP contribution in [0.15, 0.2) is 48.8 Å². The van der Waals surface area contributed by atoms with Crippen LogP contribution < -0.4 is 10.5 Å². The fraction of sp³-hybridized carbons (Fsp3) is 0. The van der Waals surface area contributed by atoms with Crippen molar-refractivity contribution >= 4 is 11.7 Å². The number of carbonyl (C=O) groups is 1. The summed E-state index contributed by atoms with van der Waals surface area (Å²) in [6, 6.07) is 8.74. The number of pyridine rings is 1. The molecule has 0 radical (unpaired) electrons. The van der Waals surface area contributed by atoms with E-state index < -0.39 is 11.8 Å². The molecule has 116 valence electrons. The van der Waals surface area contributed by atoms with Gasteiger partial charge in [-0.2, -0.15) is 0 Å². The average Bonchev–Trinajstić information content (AvgIpc) is 3.01. The average molecular weight is 313 g/mol. The number of carboxylic acids is 1. The number of nitrogens with two attached hydrogens (primary N) is 1. The summed E-state index contributed by atoms with van der Waals surface area (Å²) in [5.41, 5.74) is 6.91. The Labute approximate surface area is 130 Å². The molecule has 0 fully saturated rings. The predicted molar refractivity (Wildman–Crippen MR) is 81.9 cm³/mol. The van der Waals surface area contributed by atoms with Crippen LogP contribution in [0.4, 0.5) is 10.1 Å². The first-order valence-electron chi connectivity index (χ1n) is 6.64. The smallest absolute Gasteiger partial charge is 0.337 e. The maximum atomic E-state index is 13.8. The molecule has 7 heteroatoms. The number of aromatic carboxylic acids is 1. The standard InChI is InChI=1S/C16H12FN3O3/c17-12-6-10(18)1-2-15(12)23-11-3-4-19-14(7-11)13-5-9(8-20-13)16(21)22/h1-8,20H,18H2,(H,21,22). The highest BCUT2D eigenvalue weighted by atomic mass is 19.1. The summed E-state index contributed by atoms with van der Waals surface area (Å²) in [4.78, 5) is 17.9. The van der Waals surface area contributed by atoms with Gasteiger partial charge >= 0.3 is 5.97 Å². The minimum atomic E-state index is -1.04. The molecule has 0 aliphatic heterocycles. The van der Waals surface area contributed by atoms with E-state index >= 15 is 0 Å². The number of aromatic amines is 1. The van der Waals surface area contributed by atoms with E-state index in [1.165, 1.54) is 36.7 Å². The van der Waals surface area contributed by atoms with Gasteiger partial charge in [0.2, 0.25) is 0 Å². The van der Waals surface area contributed by atoms with Crippen molar-refractivity contribution < 1.29 is 19.0 Å². The molecule has 0 unspecified atom stereocenters. The lowest BCUT2D eigenvalue weighted by molar-refractivity contribution is 0.0697. The number of H-pyrrole nitrogens is 1. The second-order valence-corrected chi connectivity index (χ2v) is 4.78. The third kappa shape index (κ3) is 3.13. The molecule has 2 aromatic heterocycles. The number of ether oxygens (including phenoxy) is 1. The van der Waals surface area contributed by atoms with Crippen LogP contribution in [0.5, 0.6) is 11.5 Å². The minimum Gasteiger partial charge on any atom is -0.478 e. The molecule has 0 saturated carbocycles. The summed E-state index contributed by atoms with van der Waals surface area (Å²) < 4.78 is 19.2. The minimum absolute atomic E-state index is 0.0362. The molecule has 6 nitrogen and oxygen atoms in total. The number of halogens is 1. The summed E-state index contributed by atoms with van der Waals surface area (Å²) in [5.74, 6) is -1.21. The largest absolute Gasteiger partial charge is 0.478 e. The normalized spacial score (nSPS) is 10.5. The number of nitrogen functional groups attached to an aromatic ring is 1. The van der Waals surface area contributed by atoms with Gasteiger partial charge in [0.15, 0.2) is 11.6 Å². The quantitative estimate of drug-likeness (QED) is 0.642. The molecule has 0 spiro atoms. The van der Waals surface area contributed by atoms with Gasteiger partial charge < -0.3 is 20.6 Å². The Hall–Kier alpha value is -3.35. The van der Waals surface area contributed by atoms with Gasteiger partial charge in [-0.3, -0.25) is 4.98 Å². The second-order valence-electron chi connectivity index (χ2n) is 4.78. The van der Waals surface area contributed by atoms with Crippen LogP contribution in [-0.2, 0) is 0 Å². The van der Waals surface area contributed by atoms with E-state index in [1.54, 1.807) is 12.1 Å². The van der Waals surface area contributed by atoms with E-state index in [1.807, 2.05) is 0 Å². The van der Waals surface area contributed by atoms with Crippen molar-refractivity contribution in [1.82, 2.24) is 9.97 Å². The lowest BCUT2D eigenvalue weighted by Crippen LogP contribution is -1.93. The Morgan fingerprint density at radius 2 is 2.09 bits per heavy atom. The Bertz CT molecular complexity index is 877. The van der Waals surface area contributed by atoms with Gasteiger partial charge in [-0.25, -0.2) is 9.18 Å². The van der Waals surface area contributed by atoms with Gasteiger partial charge in [-0.15, -0.1) is 0 Å². The molecule has 3 rings (SSSR count). The van der Waals surface area contributed by atoms with Crippen LogP contribution >= 0.6 is 0 Å². The Kier molecular flexibility index (Phi) is 3.68. The lowest BCUT2D eigenvalue weighted by Gasteiger charge is -2.08. The summed E-state index contributed by atoms with van der Waals surface area (Å²) in [6.07, 6.45) is 2.85. The summed E-state index contributed by atoms with van der Waals surface area (Å²) in [6.45, 7) is 0. The van der Waals surface area contributed by atoms with Crippen molar-refractivity contribution in [3.8, 4) is 22.9 Å². The molecule has 4 N–H and O–H groups in total. The monoisotopic (exact) mass is 313 g/mol. The van der Waals surface area contributed by atoms with Crippen molar-refractivity contribution in [1.29, 1.82) is 0 Å². The number of aromatic nitrogens is 2. The molecule has 0 saturated heterocycles. The highest BCUT2D eigenvalue weighted by molar-refractivity contribution is 5.89. The number of carboxylic acid groups (broad SMARTS) is 1. The highest BCUT2D eigenvalue weighted by Crippen LogP contribution is 2.28. The van der Waals surface area contributed by atoms with Crippen molar-refractivity contribution in [2.45, 2.75) is 0 Å². The summed E-state index contributed by atoms with van der Waals surface area (Å²) in [7, 11) is 0. The van der Waals surface area contributed by atoms with E-state index in [0.717, 1.165) is 0 Å².